The fourth-order valence-electron chi connectivity index (χ4n) is 2.96. The fourth-order valence-corrected chi connectivity index (χ4v) is 2.96. The topological polar surface area (TPSA) is 28.2 Å². The SMILES string of the molecule is CCNCc1cc(N(C)C(C)C2CC2)c2ccccc2n1. The Labute approximate surface area is 127 Å². The molecule has 1 aliphatic rings. The number of hydrogen-bond acceptors (Lipinski definition) is 3. The molecule has 0 amide bonds. The molecule has 21 heavy (non-hydrogen) atoms. The molecule has 112 valence electrons. The molecule has 0 bridgehead atoms. The smallest absolute Gasteiger partial charge is 0.0726 e. The molecule has 1 aliphatic carbocycles. The summed E-state index contributed by atoms with van der Waals surface area (Å²) in [5.74, 6) is 0.860. The maximum absolute atomic E-state index is 4.79. The first-order valence-electron chi connectivity index (χ1n) is 8.03. The second-order valence-electron chi connectivity index (χ2n) is 6.12. The zero-order valence-electron chi connectivity index (χ0n) is 13.3. The number of rotatable bonds is 6. The van der Waals surface area contributed by atoms with E-state index in [1.165, 1.54) is 23.9 Å². The number of nitrogens with one attached hydrogen (secondary N) is 1. The number of para-hydroxylation sites is 1. The van der Waals surface area contributed by atoms with Gasteiger partial charge >= 0.3 is 0 Å². The molecule has 0 radical (unpaired) electrons. The molecule has 3 nitrogen and oxygen atoms in total. The molecule has 0 aliphatic heterocycles. The summed E-state index contributed by atoms with van der Waals surface area (Å²) in [4.78, 5) is 7.23. The van der Waals surface area contributed by atoms with Crippen LogP contribution in [0.3, 0.4) is 0 Å². The van der Waals surface area contributed by atoms with Gasteiger partial charge < -0.3 is 10.2 Å². The van der Waals surface area contributed by atoms with Gasteiger partial charge in [0.25, 0.3) is 0 Å². The van der Waals surface area contributed by atoms with Crippen molar-refractivity contribution >= 4 is 16.6 Å². The standard InChI is InChI=1S/C18H25N3/c1-4-19-12-15-11-18(21(3)13(2)14-9-10-14)16-7-5-6-8-17(16)20-15/h5-8,11,13-14,19H,4,9-10,12H2,1-3H3. The summed E-state index contributed by atoms with van der Waals surface area (Å²) in [6, 6.07) is 11.3. The van der Waals surface area contributed by atoms with Crippen molar-refractivity contribution in [1.82, 2.24) is 10.3 Å². The summed E-state index contributed by atoms with van der Waals surface area (Å²) in [6.07, 6.45) is 2.75. The maximum Gasteiger partial charge on any atom is 0.0726 e. The molecule has 1 atom stereocenters. The summed E-state index contributed by atoms with van der Waals surface area (Å²) in [6.45, 7) is 6.28. The van der Waals surface area contributed by atoms with Gasteiger partial charge in [-0.2, -0.15) is 0 Å². The van der Waals surface area contributed by atoms with Crippen molar-refractivity contribution in [2.75, 3.05) is 18.5 Å². The first-order chi connectivity index (χ1) is 10.2. The zero-order chi connectivity index (χ0) is 14.8. The van der Waals surface area contributed by atoms with Gasteiger partial charge in [-0.3, -0.25) is 4.98 Å². The highest BCUT2D eigenvalue weighted by Gasteiger charge is 2.31. The Bertz CT molecular complexity index is 619. The van der Waals surface area contributed by atoms with Crippen LogP contribution in [0.5, 0.6) is 0 Å². The van der Waals surface area contributed by atoms with E-state index in [4.69, 9.17) is 4.98 Å². The molecule has 2 aromatic rings. The number of anilines is 1. The van der Waals surface area contributed by atoms with Gasteiger partial charge in [0, 0.05) is 30.7 Å². The van der Waals surface area contributed by atoms with Crippen LogP contribution in [0, 0.1) is 5.92 Å². The molecule has 3 heteroatoms. The number of fused-ring (bicyclic) bond motifs is 1. The van der Waals surface area contributed by atoms with Crippen molar-refractivity contribution in [2.45, 2.75) is 39.3 Å². The summed E-state index contributed by atoms with van der Waals surface area (Å²) in [5.41, 5.74) is 3.53. The Hall–Kier alpha value is -1.61. The van der Waals surface area contributed by atoms with Crippen LogP contribution in [0.15, 0.2) is 30.3 Å². The Kier molecular flexibility index (Phi) is 4.11. The molecule has 1 aromatic carbocycles. The molecule has 3 rings (SSSR count). The van der Waals surface area contributed by atoms with Crippen LogP contribution >= 0.6 is 0 Å². The quantitative estimate of drug-likeness (QED) is 0.878. The number of hydrogen-bond donors (Lipinski definition) is 1. The average Bonchev–Trinajstić information content (AvgIpc) is 3.35. The summed E-state index contributed by atoms with van der Waals surface area (Å²) in [5, 5.41) is 4.64. The Balaban J connectivity index is 2.00. The highest BCUT2D eigenvalue weighted by atomic mass is 15.1. The van der Waals surface area contributed by atoms with Crippen molar-refractivity contribution in [2.24, 2.45) is 5.92 Å². The molecule has 1 heterocycles. The predicted molar refractivity (Wildman–Crippen MR) is 89.7 cm³/mol. The largest absolute Gasteiger partial charge is 0.371 e. The molecule has 1 saturated carbocycles. The van der Waals surface area contributed by atoms with Gasteiger partial charge in [-0.1, -0.05) is 25.1 Å². The molecule has 1 fully saturated rings. The van der Waals surface area contributed by atoms with Gasteiger partial charge in [-0.05, 0) is 44.4 Å². The van der Waals surface area contributed by atoms with E-state index in [2.05, 4.69) is 61.4 Å². The third kappa shape index (κ3) is 3.03. The normalized spacial score (nSPS) is 16.1. The van der Waals surface area contributed by atoms with Gasteiger partial charge in [0.15, 0.2) is 0 Å². The van der Waals surface area contributed by atoms with Crippen LogP contribution in [-0.2, 0) is 6.54 Å². The fraction of sp³-hybridized carbons (Fsp3) is 0.500. The van der Waals surface area contributed by atoms with E-state index in [-0.39, 0.29) is 0 Å². The van der Waals surface area contributed by atoms with Gasteiger partial charge in [0.05, 0.1) is 11.2 Å². The third-order valence-corrected chi connectivity index (χ3v) is 4.60. The van der Waals surface area contributed by atoms with Crippen LogP contribution in [0.2, 0.25) is 0 Å². The van der Waals surface area contributed by atoms with E-state index >= 15 is 0 Å². The van der Waals surface area contributed by atoms with Crippen LogP contribution in [-0.4, -0.2) is 24.6 Å². The highest BCUT2D eigenvalue weighted by molar-refractivity contribution is 5.92. The Morgan fingerprint density at radius 2 is 2.10 bits per heavy atom. The molecule has 0 saturated heterocycles. The minimum absolute atomic E-state index is 0.600. The van der Waals surface area contributed by atoms with E-state index in [1.54, 1.807) is 0 Å². The molecule has 1 unspecified atom stereocenters. The summed E-state index contributed by atoms with van der Waals surface area (Å²) < 4.78 is 0. The van der Waals surface area contributed by atoms with Crippen molar-refractivity contribution in [3.05, 3.63) is 36.0 Å². The lowest BCUT2D eigenvalue weighted by Gasteiger charge is -2.28. The van der Waals surface area contributed by atoms with Gasteiger partial charge in [0.1, 0.15) is 0 Å². The molecule has 1 aromatic heterocycles. The van der Waals surface area contributed by atoms with Crippen molar-refractivity contribution in [3.8, 4) is 0 Å². The number of nitrogens with zero attached hydrogens (tertiary/aromatic N) is 2. The monoisotopic (exact) mass is 283 g/mol. The third-order valence-electron chi connectivity index (χ3n) is 4.60. The van der Waals surface area contributed by atoms with Crippen LogP contribution in [0.25, 0.3) is 10.9 Å². The highest BCUT2D eigenvalue weighted by Crippen LogP contribution is 2.37. The van der Waals surface area contributed by atoms with E-state index < -0.39 is 0 Å². The lowest BCUT2D eigenvalue weighted by atomic mass is 10.1. The summed E-state index contributed by atoms with van der Waals surface area (Å²) >= 11 is 0. The van der Waals surface area contributed by atoms with Crippen LogP contribution in [0.4, 0.5) is 5.69 Å². The summed E-state index contributed by atoms with van der Waals surface area (Å²) in [7, 11) is 2.22. The Morgan fingerprint density at radius 1 is 1.33 bits per heavy atom. The zero-order valence-corrected chi connectivity index (χ0v) is 13.3. The van der Waals surface area contributed by atoms with Crippen molar-refractivity contribution < 1.29 is 0 Å². The first-order valence-corrected chi connectivity index (χ1v) is 8.03. The maximum atomic E-state index is 4.79. The van der Waals surface area contributed by atoms with E-state index in [0.717, 1.165) is 30.2 Å². The minimum atomic E-state index is 0.600. The lowest BCUT2D eigenvalue weighted by molar-refractivity contribution is 0.610. The molecule has 1 N–H and O–H groups in total. The predicted octanol–water partition coefficient (Wildman–Crippen LogP) is 3.58. The minimum Gasteiger partial charge on any atom is -0.371 e. The molecule has 0 spiro atoms. The van der Waals surface area contributed by atoms with Crippen LogP contribution in [0.1, 0.15) is 32.4 Å². The number of aromatic nitrogens is 1. The number of benzene rings is 1. The molecular formula is C18H25N3. The van der Waals surface area contributed by atoms with Crippen molar-refractivity contribution in [3.63, 3.8) is 0 Å². The molecular weight excluding hydrogens is 258 g/mol. The lowest BCUT2D eigenvalue weighted by Crippen LogP contribution is -2.31. The second kappa shape index (κ2) is 6.02. The van der Waals surface area contributed by atoms with E-state index in [0.29, 0.717) is 6.04 Å². The van der Waals surface area contributed by atoms with E-state index in [9.17, 15) is 0 Å². The van der Waals surface area contributed by atoms with Gasteiger partial charge in [-0.15, -0.1) is 0 Å². The van der Waals surface area contributed by atoms with Crippen molar-refractivity contribution in [1.29, 1.82) is 0 Å². The van der Waals surface area contributed by atoms with Crippen LogP contribution < -0.4 is 10.2 Å². The second-order valence-corrected chi connectivity index (χ2v) is 6.12. The first kappa shape index (κ1) is 14.3. The van der Waals surface area contributed by atoms with E-state index in [1.807, 2.05) is 0 Å². The average molecular weight is 283 g/mol. The van der Waals surface area contributed by atoms with Gasteiger partial charge in [0.2, 0.25) is 0 Å². The van der Waals surface area contributed by atoms with Gasteiger partial charge in [-0.25, -0.2) is 0 Å². The number of pyridine rings is 1. The Morgan fingerprint density at radius 3 is 2.81 bits per heavy atom.